The van der Waals surface area contributed by atoms with Gasteiger partial charge in [0.25, 0.3) is 10.0 Å². The van der Waals surface area contributed by atoms with Gasteiger partial charge in [-0.1, -0.05) is 6.07 Å². The van der Waals surface area contributed by atoms with E-state index in [1.807, 2.05) is 6.92 Å². The van der Waals surface area contributed by atoms with Gasteiger partial charge in [0, 0.05) is 0 Å². The molecule has 0 aliphatic carbocycles. The van der Waals surface area contributed by atoms with Crippen molar-refractivity contribution < 1.29 is 12.8 Å². The van der Waals surface area contributed by atoms with Crippen LogP contribution in [0.2, 0.25) is 0 Å². The Bertz CT molecular complexity index is 677. The van der Waals surface area contributed by atoms with E-state index in [2.05, 4.69) is 9.71 Å². The first kappa shape index (κ1) is 12.4. The van der Waals surface area contributed by atoms with Gasteiger partial charge in [-0.15, -0.1) is 0 Å². The Hall–Kier alpha value is -2.02. The monoisotopic (exact) mass is 267 g/mol. The number of nitrogens with two attached hydrogens (primary N) is 1. The highest BCUT2D eigenvalue weighted by Crippen LogP contribution is 2.22. The fourth-order valence-electron chi connectivity index (χ4n) is 1.48. The zero-order chi connectivity index (χ0) is 13.3. The Kier molecular flexibility index (Phi) is 3.00. The van der Waals surface area contributed by atoms with Crippen LogP contribution >= 0.6 is 0 Å². The summed E-state index contributed by atoms with van der Waals surface area (Å²) in [5, 5.41) is 0. The molecule has 0 atom stereocenters. The van der Waals surface area contributed by atoms with Gasteiger partial charge in [0.05, 0.1) is 11.4 Å². The Balaban J connectivity index is 2.36. The number of sulfonamides is 1. The van der Waals surface area contributed by atoms with Gasteiger partial charge in [-0.05, 0) is 31.5 Å². The van der Waals surface area contributed by atoms with E-state index in [0.29, 0.717) is 5.69 Å². The minimum atomic E-state index is -3.78. The van der Waals surface area contributed by atoms with Crippen LogP contribution in [-0.4, -0.2) is 13.4 Å². The van der Waals surface area contributed by atoms with Gasteiger partial charge in [-0.2, -0.15) is 4.98 Å². The number of nitrogen functional groups attached to an aromatic ring is 1. The van der Waals surface area contributed by atoms with E-state index in [1.165, 1.54) is 12.3 Å². The smallest absolute Gasteiger partial charge is 0.309 e. The molecule has 0 aliphatic rings. The molecule has 0 unspecified atom stereocenters. The van der Waals surface area contributed by atoms with Crippen LogP contribution in [0.4, 0.5) is 11.7 Å². The first-order chi connectivity index (χ1) is 8.38. The lowest BCUT2D eigenvalue weighted by atomic mass is 10.2. The third-order valence-corrected chi connectivity index (χ3v) is 3.69. The molecule has 0 saturated heterocycles. The molecule has 7 heteroatoms. The summed E-state index contributed by atoms with van der Waals surface area (Å²) in [4.78, 5) is 3.87. The van der Waals surface area contributed by atoms with Crippen molar-refractivity contribution in [2.24, 2.45) is 0 Å². The van der Waals surface area contributed by atoms with Gasteiger partial charge in [-0.25, -0.2) is 13.1 Å². The van der Waals surface area contributed by atoms with Gasteiger partial charge in [0.1, 0.15) is 11.2 Å². The van der Waals surface area contributed by atoms with Crippen LogP contribution in [0.5, 0.6) is 0 Å². The number of hydrogen-bond donors (Lipinski definition) is 2. The maximum Gasteiger partial charge on any atom is 0.309 e. The molecule has 0 fully saturated rings. The van der Waals surface area contributed by atoms with Gasteiger partial charge >= 0.3 is 6.01 Å². The van der Waals surface area contributed by atoms with Gasteiger partial charge in [0.2, 0.25) is 0 Å². The molecule has 0 aliphatic heterocycles. The average Bonchev–Trinajstić information content (AvgIpc) is 2.62. The predicted octanol–water partition coefficient (Wildman–Crippen LogP) is 1.67. The highest BCUT2D eigenvalue weighted by atomic mass is 32.2. The topological polar surface area (TPSA) is 98.2 Å². The van der Waals surface area contributed by atoms with Crippen LogP contribution < -0.4 is 10.5 Å². The van der Waals surface area contributed by atoms with Crippen LogP contribution in [-0.2, 0) is 10.0 Å². The van der Waals surface area contributed by atoms with Gasteiger partial charge in [-0.3, -0.25) is 0 Å². The standard InChI is InChI=1S/C11H13N3O3S/c1-7-3-4-10(9(12)5-7)18(15,16)14-11-13-8(2)6-17-11/h3-6H,12H2,1-2H3,(H,13,14). The summed E-state index contributed by atoms with van der Waals surface area (Å²) in [6.45, 7) is 3.53. The quantitative estimate of drug-likeness (QED) is 0.824. The number of nitrogens with zero attached hydrogens (tertiary/aromatic N) is 1. The summed E-state index contributed by atoms with van der Waals surface area (Å²) in [5.41, 5.74) is 7.36. The summed E-state index contributed by atoms with van der Waals surface area (Å²) >= 11 is 0. The molecule has 6 nitrogen and oxygen atoms in total. The summed E-state index contributed by atoms with van der Waals surface area (Å²) in [7, 11) is -3.78. The van der Waals surface area contributed by atoms with Crippen molar-refractivity contribution in [3.63, 3.8) is 0 Å². The lowest BCUT2D eigenvalue weighted by Crippen LogP contribution is -2.15. The molecule has 0 amide bonds. The number of benzene rings is 1. The van der Waals surface area contributed by atoms with E-state index in [-0.39, 0.29) is 16.6 Å². The van der Waals surface area contributed by atoms with E-state index >= 15 is 0 Å². The first-order valence-corrected chi connectivity index (χ1v) is 6.68. The number of rotatable bonds is 3. The normalized spacial score (nSPS) is 11.4. The van der Waals surface area contributed by atoms with Crippen molar-refractivity contribution in [3.05, 3.63) is 35.7 Å². The molecule has 0 bridgehead atoms. The van der Waals surface area contributed by atoms with Gasteiger partial charge < -0.3 is 10.2 Å². The van der Waals surface area contributed by atoms with Crippen molar-refractivity contribution in [2.45, 2.75) is 18.7 Å². The fourth-order valence-corrected chi connectivity index (χ4v) is 2.53. The molecule has 1 heterocycles. The van der Waals surface area contributed by atoms with Crippen molar-refractivity contribution in [1.82, 2.24) is 4.98 Å². The minimum absolute atomic E-state index is 0.00366. The summed E-state index contributed by atoms with van der Waals surface area (Å²) < 4.78 is 31.3. The number of aryl methyl sites for hydroxylation is 2. The molecule has 96 valence electrons. The Morgan fingerprint density at radius 3 is 2.61 bits per heavy atom. The molecule has 1 aromatic heterocycles. The summed E-state index contributed by atoms with van der Waals surface area (Å²) in [5.74, 6) is 0. The van der Waals surface area contributed by atoms with Crippen molar-refractivity contribution >= 4 is 21.7 Å². The third kappa shape index (κ3) is 2.45. The molecular weight excluding hydrogens is 254 g/mol. The lowest BCUT2D eigenvalue weighted by Gasteiger charge is -2.07. The molecule has 0 spiro atoms. The second-order valence-electron chi connectivity index (χ2n) is 3.94. The molecule has 2 aromatic rings. The zero-order valence-electron chi connectivity index (χ0n) is 9.97. The molecule has 1 aromatic carbocycles. The van der Waals surface area contributed by atoms with E-state index < -0.39 is 10.0 Å². The van der Waals surface area contributed by atoms with Gasteiger partial charge in [0.15, 0.2) is 0 Å². The SMILES string of the molecule is Cc1ccc(S(=O)(=O)Nc2nc(C)co2)c(N)c1. The molecule has 0 saturated carbocycles. The third-order valence-electron chi connectivity index (χ3n) is 2.30. The van der Waals surface area contributed by atoms with Crippen LogP contribution in [0.15, 0.2) is 33.8 Å². The lowest BCUT2D eigenvalue weighted by molar-refractivity contribution is 0.569. The summed E-state index contributed by atoms with van der Waals surface area (Å²) in [6.07, 6.45) is 1.36. The second-order valence-corrected chi connectivity index (χ2v) is 5.59. The number of hydrogen-bond acceptors (Lipinski definition) is 5. The van der Waals surface area contributed by atoms with E-state index in [0.717, 1.165) is 5.56 Å². The average molecular weight is 267 g/mol. The Morgan fingerprint density at radius 1 is 1.33 bits per heavy atom. The Labute approximate surface area is 105 Å². The minimum Gasteiger partial charge on any atom is -0.431 e. The Morgan fingerprint density at radius 2 is 2.06 bits per heavy atom. The fraction of sp³-hybridized carbons (Fsp3) is 0.182. The first-order valence-electron chi connectivity index (χ1n) is 5.19. The molecule has 2 rings (SSSR count). The molecule has 18 heavy (non-hydrogen) atoms. The second kappa shape index (κ2) is 4.34. The van der Waals surface area contributed by atoms with Crippen molar-refractivity contribution in [2.75, 3.05) is 10.5 Å². The molecule has 0 radical (unpaired) electrons. The maximum absolute atomic E-state index is 12.1. The van der Waals surface area contributed by atoms with Crippen molar-refractivity contribution in [3.8, 4) is 0 Å². The van der Waals surface area contributed by atoms with E-state index in [4.69, 9.17) is 10.2 Å². The highest BCUT2D eigenvalue weighted by Gasteiger charge is 2.19. The number of oxazole rings is 1. The maximum atomic E-state index is 12.1. The number of aromatic nitrogens is 1. The molecule has 3 N–H and O–H groups in total. The van der Waals surface area contributed by atoms with Crippen LogP contribution in [0.25, 0.3) is 0 Å². The van der Waals surface area contributed by atoms with Crippen LogP contribution in [0.1, 0.15) is 11.3 Å². The number of nitrogens with one attached hydrogen (secondary N) is 1. The van der Waals surface area contributed by atoms with Crippen LogP contribution in [0, 0.1) is 13.8 Å². The summed E-state index contributed by atoms with van der Waals surface area (Å²) in [6, 6.07) is 4.64. The predicted molar refractivity (Wildman–Crippen MR) is 67.6 cm³/mol. The van der Waals surface area contributed by atoms with Crippen LogP contribution in [0.3, 0.4) is 0 Å². The van der Waals surface area contributed by atoms with E-state index in [9.17, 15) is 8.42 Å². The van der Waals surface area contributed by atoms with E-state index in [1.54, 1.807) is 19.1 Å². The zero-order valence-corrected chi connectivity index (χ0v) is 10.8. The molecular formula is C11H13N3O3S. The largest absolute Gasteiger partial charge is 0.431 e. The number of anilines is 2. The van der Waals surface area contributed by atoms with Crippen molar-refractivity contribution in [1.29, 1.82) is 0 Å². The highest BCUT2D eigenvalue weighted by molar-refractivity contribution is 7.92.